The lowest BCUT2D eigenvalue weighted by Crippen LogP contribution is -1.91. The first-order valence-electron chi connectivity index (χ1n) is 5.88. The number of benzene rings is 2. The first kappa shape index (κ1) is 13.2. The maximum Gasteiger partial charge on any atom is 0.165 e. The second-order valence-corrected chi connectivity index (χ2v) is 4.33. The number of phenolic OH excluding ortho intramolecular Hbond substituents is 1. The van der Waals surface area contributed by atoms with Gasteiger partial charge in [-0.05, 0) is 24.6 Å². The minimum absolute atomic E-state index is 0.0309. The molecule has 0 aliphatic heterocycles. The molecule has 0 atom stereocenters. The van der Waals surface area contributed by atoms with Gasteiger partial charge in [0.25, 0.3) is 0 Å². The Labute approximate surface area is 111 Å². The van der Waals surface area contributed by atoms with Gasteiger partial charge in [-0.3, -0.25) is 0 Å². The minimum Gasteiger partial charge on any atom is -0.507 e. The van der Waals surface area contributed by atoms with Crippen LogP contribution in [0.1, 0.15) is 11.1 Å². The third kappa shape index (κ3) is 2.35. The summed E-state index contributed by atoms with van der Waals surface area (Å²) in [6, 6.07) is 8.51. The van der Waals surface area contributed by atoms with E-state index in [4.69, 9.17) is 4.74 Å². The van der Waals surface area contributed by atoms with Crippen LogP contribution in [0.25, 0.3) is 11.1 Å². The van der Waals surface area contributed by atoms with Crippen LogP contribution in [0.5, 0.6) is 17.2 Å². The molecule has 0 saturated heterocycles. The molecule has 100 valence electrons. The average molecular weight is 260 g/mol. The van der Waals surface area contributed by atoms with Crippen molar-refractivity contribution in [3.05, 3.63) is 41.5 Å². The van der Waals surface area contributed by atoms with E-state index in [9.17, 15) is 15.3 Å². The van der Waals surface area contributed by atoms with Gasteiger partial charge in [-0.15, -0.1) is 0 Å². The quantitative estimate of drug-likeness (QED) is 0.793. The van der Waals surface area contributed by atoms with Gasteiger partial charge in [-0.1, -0.05) is 18.2 Å². The fourth-order valence-electron chi connectivity index (χ4n) is 2.08. The predicted octanol–water partition coefficient (Wildman–Crippen LogP) is 2.57. The van der Waals surface area contributed by atoms with Crippen molar-refractivity contribution >= 4 is 0 Å². The number of hydrogen-bond acceptors (Lipinski definition) is 4. The molecule has 4 nitrogen and oxygen atoms in total. The Kier molecular flexibility index (Phi) is 3.62. The lowest BCUT2D eigenvalue weighted by atomic mass is 9.98. The maximum absolute atomic E-state index is 10.1. The third-order valence-corrected chi connectivity index (χ3v) is 3.01. The van der Waals surface area contributed by atoms with E-state index < -0.39 is 0 Å². The van der Waals surface area contributed by atoms with E-state index in [0.717, 1.165) is 5.56 Å². The van der Waals surface area contributed by atoms with Crippen molar-refractivity contribution in [2.45, 2.75) is 13.5 Å². The van der Waals surface area contributed by atoms with E-state index in [1.807, 2.05) is 6.92 Å². The summed E-state index contributed by atoms with van der Waals surface area (Å²) in [7, 11) is 1.47. The largest absolute Gasteiger partial charge is 0.507 e. The van der Waals surface area contributed by atoms with Crippen LogP contribution in [0.3, 0.4) is 0 Å². The van der Waals surface area contributed by atoms with Gasteiger partial charge < -0.3 is 20.1 Å². The fraction of sp³-hybridized carbons (Fsp3) is 0.200. The van der Waals surface area contributed by atoms with E-state index in [-0.39, 0.29) is 18.1 Å². The van der Waals surface area contributed by atoms with Crippen LogP contribution in [0.15, 0.2) is 30.3 Å². The van der Waals surface area contributed by atoms with Gasteiger partial charge in [-0.2, -0.15) is 0 Å². The molecule has 3 N–H and O–H groups in total. The highest BCUT2D eigenvalue weighted by atomic mass is 16.5. The summed E-state index contributed by atoms with van der Waals surface area (Å²) in [5.41, 5.74) is 2.26. The van der Waals surface area contributed by atoms with E-state index in [1.165, 1.54) is 7.11 Å². The number of para-hydroxylation sites is 1. The van der Waals surface area contributed by atoms with Crippen LogP contribution in [-0.2, 0) is 6.61 Å². The summed E-state index contributed by atoms with van der Waals surface area (Å²) in [5, 5.41) is 29.5. The molecule has 0 fully saturated rings. The van der Waals surface area contributed by atoms with Gasteiger partial charge in [0.05, 0.1) is 13.7 Å². The molecule has 19 heavy (non-hydrogen) atoms. The molecule has 0 unspecified atom stereocenters. The van der Waals surface area contributed by atoms with Crippen molar-refractivity contribution < 1.29 is 20.1 Å². The lowest BCUT2D eigenvalue weighted by Gasteiger charge is -2.13. The zero-order valence-corrected chi connectivity index (χ0v) is 10.8. The fourth-order valence-corrected chi connectivity index (χ4v) is 2.08. The summed E-state index contributed by atoms with van der Waals surface area (Å²) >= 11 is 0. The number of aryl methyl sites for hydroxylation is 1. The zero-order chi connectivity index (χ0) is 14.0. The van der Waals surface area contributed by atoms with E-state index in [2.05, 4.69) is 0 Å². The summed E-state index contributed by atoms with van der Waals surface area (Å²) in [6.07, 6.45) is 0. The highest BCUT2D eigenvalue weighted by molar-refractivity contribution is 5.79. The van der Waals surface area contributed by atoms with Gasteiger partial charge in [-0.25, -0.2) is 0 Å². The second-order valence-electron chi connectivity index (χ2n) is 4.33. The topological polar surface area (TPSA) is 69.9 Å². The lowest BCUT2D eigenvalue weighted by molar-refractivity contribution is 0.275. The summed E-state index contributed by atoms with van der Waals surface area (Å²) in [5.74, 6) is 0.274. The molecule has 0 aliphatic rings. The monoisotopic (exact) mass is 260 g/mol. The average Bonchev–Trinajstić information content (AvgIpc) is 2.41. The molecular weight excluding hydrogens is 244 g/mol. The molecule has 2 rings (SSSR count). The highest BCUT2D eigenvalue weighted by Gasteiger charge is 2.15. The zero-order valence-electron chi connectivity index (χ0n) is 10.8. The molecule has 0 spiro atoms. The molecule has 4 heteroatoms. The molecule has 0 amide bonds. The Morgan fingerprint density at radius 2 is 1.79 bits per heavy atom. The van der Waals surface area contributed by atoms with E-state index in [1.54, 1.807) is 30.3 Å². The molecule has 0 aliphatic carbocycles. The molecular formula is C15H16O4. The smallest absolute Gasteiger partial charge is 0.165 e. The second kappa shape index (κ2) is 5.20. The number of aromatic hydroxyl groups is 2. The molecule has 0 heterocycles. The van der Waals surface area contributed by atoms with Crippen molar-refractivity contribution in [3.8, 4) is 28.4 Å². The number of aliphatic hydroxyl groups is 1. The summed E-state index contributed by atoms with van der Waals surface area (Å²) < 4.78 is 5.05. The van der Waals surface area contributed by atoms with Crippen molar-refractivity contribution in [2.24, 2.45) is 0 Å². The normalized spacial score (nSPS) is 10.5. The Bertz CT molecular complexity index is 605. The Balaban J connectivity index is 2.68. The number of hydrogen-bond donors (Lipinski definition) is 3. The predicted molar refractivity (Wildman–Crippen MR) is 72.4 cm³/mol. The number of aliphatic hydroxyl groups excluding tert-OH is 1. The third-order valence-electron chi connectivity index (χ3n) is 3.01. The van der Waals surface area contributed by atoms with Gasteiger partial charge in [0.15, 0.2) is 11.5 Å². The van der Waals surface area contributed by atoms with Crippen LogP contribution in [0.2, 0.25) is 0 Å². The van der Waals surface area contributed by atoms with E-state index >= 15 is 0 Å². The number of phenols is 2. The Hall–Kier alpha value is -2.20. The number of rotatable bonds is 3. The van der Waals surface area contributed by atoms with Gasteiger partial charge in [0.1, 0.15) is 5.75 Å². The van der Waals surface area contributed by atoms with Crippen LogP contribution < -0.4 is 4.74 Å². The van der Waals surface area contributed by atoms with Crippen molar-refractivity contribution in [2.75, 3.05) is 7.11 Å². The first-order valence-corrected chi connectivity index (χ1v) is 5.88. The number of methoxy groups -OCH3 is 1. The van der Waals surface area contributed by atoms with Crippen LogP contribution >= 0.6 is 0 Å². The molecule has 0 bridgehead atoms. The molecule has 0 radical (unpaired) electrons. The van der Waals surface area contributed by atoms with Crippen molar-refractivity contribution in [1.82, 2.24) is 0 Å². The maximum atomic E-state index is 10.1. The first-order chi connectivity index (χ1) is 9.08. The van der Waals surface area contributed by atoms with Crippen LogP contribution in [-0.4, -0.2) is 22.4 Å². The minimum atomic E-state index is -0.259. The van der Waals surface area contributed by atoms with Crippen molar-refractivity contribution in [1.29, 1.82) is 0 Å². The van der Waals surface area contributed by atoms with Gasteiger partial charge in [0, 0.05) is 16.7 Å². The molecule has 2 aromatic rings. The SMILES string of the molecule is COc1cccc(-c2cc(C)cc(CO)c2O)c1O. The molecule has 0 aromatic heterocycles. The standard InChI is InChI=1S/C15H16O4/c1-9-6-10(8-16)14(17)12(7-9)11-4-3-5-13(19-2)15(11)18/h3-7,16-18H,8H2,1-2H3. The van der Waals surface area contributed by atoms with Crippen molar-refractivity contribution in [3.63, 3.8) is 0 Å². The highest BCUT2D eigenvalue weighted by Crippen LogP contribution is 2.42. The Morgan fingerprint density at radius 1 is 1.05 bits per heavy atom. The summed E-state index contributed by atoms with van der Waals surface area (Å²) in [6.45, 7) is 1.60. The molecule has 2 aromatic carbocycles. The molecule has 0 saturated carbocycles. The van der Waals surface area contributed by atoms with E-state index in [0.29, 0.717) is 22.4 Å². The van der Waals surface area contributed by atoms with Gasteiger partial charge >= 0.3 is 0 Å². The van der Waals surface area contributed by atoms with Gasteiger partial charge in [0.2, 0.25) is 0 Å². The summed E-state index contributed by atoms with van der Waals surface area (Å²) in [4.78, 5) is 0. The number of ether oxygens (including phenoxy) is 1. The van der Waals surface area contributed by atoms with Crippen LogP contribution in [0, 0.1) is 6.92 Å². The van der Waals surface area contributed by atoms with Crippen LogP contribution in [0.4, 0.5) is 0 Å². The Morgan fingerprint density at radius 3 is 2.42 bits per heavy atom.